The molecule has 14 heavy (non-hydrogen) atoms. The summed E-state index contributed by atoms with van der Waals surface area (Å²) in [4.78, 5) is 15.7. The zero-order valence-electron chi connectivity index (χ0n) is 8.67. The minimum absolute atomic E-state index is 0.0232. The Morgan fingerprint density at radius 1 is 1.57 bits per heavy atom. The Hall–Kier alpha value is -0.650. The second-order valence-electron chi connectivity index (χ2n) is 3.51. The molecule has 0 radical (unpaired) electrons. The predicted octanol–water partition coefficient (Wildman–Crippen LogP) is 0.478. The highest BCUT2D eigenvalue weighted by Crippen LogP contribution is 1.94. The number of thiazole rings is 1. The zero-order valence-corrected chi connectivity index (χ0v) is 9.49. The highest BCUT2D eigenvalue weighted by molar-refractivity contribution is 7.07. The third-order valence-electron chi connectivity index (χ3n) is 1.85. The van der Waals surface area contributed by atoms with Crippen molar-refractivity contribution in [3.63, 3.8) is 0 Å². The zero-order chi connectivity index (χ0) is 10.4. The van der Waals surface area contributed by atoms with Crippen molar-refractivity contribution in [2.24, 2.45) is 0 Å². The van der Waals surface area contributed by atoms with E-state index in [0.717, 1.165) is 31.7 Å². The summed E-state index contributed by atoms with van der Waals surface area (Å²) in [6.45, 7) is 2.83. The molecule has 0 aliphatic heterocycles. The quantitative estimate of drug-likeness (QED) is 0.679. The van der Waals surface area contributed by atoms with Gasteiger partial charge in [0.15, 0.2) is 0 Å². The van der Waals surface area contributed by atoms with Crippen LogP contribution in [0.2, 0.25) is 0 Å². The number of aromatic nitrogens is 1. The van der Waals surface area contributed by atoms with Crippen LogP contribution in [0.3, 0.4) is 0 Å². The lowest BCUT2D eigenvalue weighted by atomic mass is 10.4. The molecule has 0 spiro atoms. The van der Waals surface area contributed by atoms with Crippen LogP contribution in [0.4, 0.5) is 0 Å². The summed E-state index contributed by atoms with van der Waals surface area (Å²) in [5.41, 5.74) is 0.977. The Balaban J connectivity index is 2.07. The van der Waals surface area contributed by atoms with E-state index in [1.807, 2.05) is 5.38 Å². The van der Waals surface area contributed by atoms with E-state index < -0.39 is 0 Å². The molecule has 0 unspecified atom stereocenters. The van der Waals surface area contributed by atoms with Gasteiger partial charge < -0.3 is 15.2 Å². The van der Waals surface area contributed by atoms with Crippen molar-refractivity contribution in [2.45, 2.75) is 13.0 Å². The second kappa shape index (κ2) is 5.95. The van der Waals surface area contributed by atoms with Crippen molar-refractivity contribution in [1.29, 1.82) is 0 Å². The molecule has 0 aliphatic carbocycles. The summed E-state index contributed by atoms with van der Waals surface area (Å²) in [5.74, 6) is 0. The normalized spacial score (nSPS) is 11.1. The highest BCUT2D eigenvalue weighted by Gasteiger charge is 1.95. The fourth-order valence-corrected chi connectivity index (χ4v) is 1.73. The van der Waals surface area contributed by atoms with Crippen molar-refractivity contribution >= 4 is 11.3 Å². The van der Waals surface area contributed by atoms with Crippen LogP contribution < -0.4 is 10.2 Å². The molecular weight excluding hydrogens is 198 g/mol. The topological polar surface area (TPSA) is 48.1 Å². The van der Waals surface area contributed by atoms with Crippen LogP contribution in [-0.2, 0) is 6.54 Å². The molecule has 1 rings (SSSR count). The molecule has 0 aliphatic rings. The summed E-state index contributed by atoms with van der Waals surface area (Å²) in [7, 11) is 4.13. The van der Waals surface area contributed by atoms with Crippen LogP contribution in [0.25, 0.3) is 0 Å². The fraction of sp³-hybridized carbons (Fsp3) is 0.667. The highest BCUT2D eigenvalue weighted by atomic mass is 32.1. The van der Waals surface area contributed by atoms with Gasteiger partial charge in [0.1, 0.15) is 0 Å². The van der Waals surface area contributed by atoms with Gasteiger partial charge in [-0.25, -0.2) is 0 Å². The number of hydrogen-bond donors (Lipinski definition) is 2. The van der Waals surface area contributed by atoms with E-state index in [-0.39, 0.29) is 4.87 Å². The van der Waals surface area contributed by atoms with Crippen LogP contribution in [-0.4, -0.2) is 37.1 Å². The average molecular weight is 215 g/mol. The third kappa shape index (κ3) is 4.55. The lowest BCUT2D eigenvalue weighted by molar-refractivity contribution is 0.394. The maximum atomic E-state index is 10.8. The molecule has 1 aromatic rings. The Morgan fingerprint density at radius 3 is 2.93 bits per heavy atom. The van der Waals surface area contributed by atoms with Crippen LogP contribution in [0.1, 0.15) is 12.1 Å². The molecule has 0 atom stereocenters. The monoisotopic (exact) mass is 215 g/mol. The molecule has 5 heteroatoms. The molecule has 80 valence electrons. The van der Waals surface area contributed by atoms with E-state index in [9.17, 15) is 4.79 Å². The molecule has 0 bridgehead atoms. The Bertz CT molecular complexity index is 305. The third-order valence-corrected chi connectivity index (χ3v) is 2.56. The van der Waals surface area contributed by atoms with Gasteiger partial charge in [0.05, 0.1) is 0 Å². The predicted molar refractivity (Wildman–Crippen MR) is 59.8 cm³/mol. The summed E-state index contributed by atoms with van der Waals surface area (Å²) in [6.07, 6.45) is 1.13. The minimum atomic E-state index is 0.0232. The second-order valence-corrected chi connectivity index (χ2v) is 4.35. The van der Waals surface area contributed by atoms with Gasteiger partial charge in [0.2, 0.25) is 0 Å². The standard InChI is InChI=1S/C9H17N3OS/c1-12(2)5-3-4-10-6-8-7-14-9(13)11-8/h7,10H,3-6H2,1-2H3,(H,11,13). The summed E-state index contributed by atoms with van der Waals surface area (Å²) in [5, 5.41) is 5.14. The van der Waals surface area contributed by atoms with Gasteiger partial charge in [0.25, 0.3) is 0 Å². The Kier molecular flexibility index (Phi) is 4.86. The fourth-order valence-electron chi connectivity index (χ4n) is 1.14. The molecule has 0 fully saturated rings. The van der Waals surface area contributed by atoms with E-state index >= 15 is 0 Å². The SMILES string of the molecule is CN(C)CCCNCc1csc(=O)[nH]1. The van der Waals surface area contributed by atoms with E-state index in [0.29, 0.717) is 0 Å². The van der Waals surface area contributed by atoms with E-state index in [4.69, 9.17) is 0 Å². The maximum Gasteiger partial charge on any atom is 0.304 e. The first-order chi connectivity index (χ1) is 6.68. The number of nitrogens with one attached hydrogen (secondary N) is 2. The largest absolute Gasteiger partial charge is 0.315 e. The average Bonchev–Trinajstić information content (AvgIpc) is 2.50. The van der Waals surface area contributed by atoms with Gasteiger partial charge in [-0.3, -0.25) is 4.79 Å². The van der Waals surface area contributed by atoms with Crippen LogP contribution >= 0.6 is 11.3 Å². The van der Waals surface area contributed by atoms with Crippen molar-refractivity contribution in [1.82, 2.24) is 15.2 Å². The molecule has 0 saturated carbocycles. The molecule has 1 heterocycles. The van der Waals surface area contributed by atoms with Crippen molar-refractivity contribution in [2.75, 3.05) is 27.2 Å². The Morgan fingerprint density at radius 2 is 2.36 bits per heavy atom. The van der Waals surface area contributed by atoms with Crippen LogP contribution in [0.5, 0.6) is 0 Å². The van der Waals surface area contributed by atoms with Gasteiger partial charge in [-0.2, -0.15) is 0 Å². The molecular formula is C9H17N3OS. The van der Waals surface area contributed by atoms with Gasteiger partial charge >= 0.3 is 4.87 Å². The lowest BCUT2D eigenvalue weighted by Crippen LogP contribution is -2.21. The van der Waals surface area contributed by atoms with Gasteiger partial charge in [0, 0.05) is 17.6 Å². The van der Waals surface area contributed by atoms with E-state index in [1.54, 1.807) is 0 Å². The first kappa shape index (κ1) is 11.4. The van der Waals surface area contributed by atoms with E-state index in [2.05, 4.69) is 29.3 Å². The summed E-state index contributed by atoms with van der Waals surface area (Å²) < 4.78 is 0. The smallest absolute Gasteiger partial charge is 0.304 e. The number of nitrogens with zero attached hydrogens (tertiary/aromatic N) is 1. The summed E-state index contributed by atoms with van der Waals surface area (Å²) in [6, 6.07) is 0. The molecule has 0 amide bonds. The van der Waals surface area contributed by atoms with Gasteiger partial charge in [-0.15, -0.1) is 0 Å². The van der Waals surface area contributed by atoms with Crippen LogP contribution in [0, 0.1) is 0 Å². The van der Waals surface area contributed by atoms with Crippen molar-refractivity contribution < 1.29 is 0 Å². The number of H-pyrrole nitrogens is 1. The number of rotatable bonds is 6. The Labute approximate surface area is 88.0 Å². The summed E-state index contributed by atoms with van der Waals surface area (Å²) >= 11 is 1.21. The molecule has 4 nitrogen and oxygen atoms in total. The number of aromatic amines is 1. The maximum absolute atomic E-state index is 10.8. The lowest BCUT2D eigenvalue weighted by Gasteiger charge is -2.09. The first-order valence-electron chi connectivity index (χ1n) is 4.70. The van der Waals surface area contributed by atoms with Crippen molar-refractivity contribution in [3.8, 4) is 0 Å². The van der Waals surface area contributed by atoms with E-state index in [1.165, 1.54) is 11.3 Å². The van der Waals surface area contributed by atoms with Gasteiger partial charge in [-0.1, -0.05) is 11.3 Å². The molecule has 1 aromatic heterocycles. The van der Waals surface area contributed by atoms with Crippen LogP contribution in [0.15, 0.2) is 10.2 Å². The number of hydrogen-bond acceptors (Lipinski definition) is 4. The molecule has 0 saturated heterocycles. The van der Waals surface area contributed by atoms with Gasteiger partial charge in [-0.05, 0) is 33.6 Å². The minimum Gasteiger partial charge on any atom is -0.315 e. The van der Waals surface area contributed by atoms with Crippen molar-refractivity contribution in [3.05, 3.63) is 20.7 Å². The first-order valence-corrected chi connectivity index (χ1v) is 5.58. The molecule has 2 N–H and O–H groups in total. The molecule has 0 aromatic carbocycles.